The lowest BCUT2D eigenvalue weighted by Gasteiger charge is -2.26. The van der Waals surface area contributed by atoms with E-state index in [1.165, 1.54) is 0 Å². The number of hydrogen-bond acceptors (Lipinski definition) is 3. The lowest BCUT2D eigenvalue weighted by Crippen LogP contribution is -2.43. The molecule has 0 aliphatic carbocycles. The molecule has 2 rings (SSSR count). The predicted octanol–water partition coefficient (Wildman–Crippen LogP) is 1.06. The molecule has 6 heteroatoms. The van der Waals surface area contributed by atoms with Crippen LogP contribution < -0.4 is 10.6 Å². The Hall–Kier alpha value is -2.37. The molecule has 0 saturated carbocycles. The Labute approximate surface area is 129 Å². The monoisotopic (exact) mass is 303 g/mol. The Morgan fingerprint density at radius 3 is 2.68 bits per heavy atom. The topological polar surface area (TPSA) is 78.5 Å². The fourth-order valence-corrected chi connectivity index (χ4v) is 2.35. The Morgan fingerprint density at radius 2 is 2.00 bits per heavy atom. The Balaban J connectivity index is 1.91. The van der Waals surface area contributed by atoms with Crippen molar-refractivity contribution in [3.8, 4) is 0 Å². The highest BCUT2D eigenvalue weighted by Crippen LogP contribution is 2.11. The van der Waals surface area contributed by atoms with Crippen molar-refractivity contribution in [2.45, 2.75) is 32.7 Å². The number of aryl methyl sites for hydroxylation is 1. The molecule has 1 saturated heterocycles. The van der Waals surface area contributed by atoms with Gasteiger partial charge in [0.15, 0.2) is 0 Å². The molecule has 118 valence electrons. The van der Waals surface area contributed by atoms with Crippen molar-refractivity contribution in [1.82, 2.24) is 10.2 Å². The number of benzene rings is 1. The van der Waals surface area contributed by atoms with Gasteiger partial charge >= 0.3 is 0 Å². The zero-order valence-electron chi connectivity index (χ0n) is 12.9. The lowest BCUT2D eigenvalue weighted by molar-refractivity contribution is -0.136. The summed E-state index contributed by atoms with van der Waals surface area (Å²) >= 11 is 0. The molecule has 1 aliphatic heterocycles. The molecule has 1 aromatic carbocycles. The molecule has 0 radical (unpaired) electrons. The maximum atomic E-state index is 12.2. The Kier molecular flexibility index (Phi) is 5.14. The molecule has 1 aliphatic rings. The largest absolute Gasteiger partial charge is 0.354 e. The quantitative estimate of drug-likeness (QED) is 0.820. The molecule has 1 fully saturated rings. The van der Waals surface area contributed by atoms with Crippen LogP contribution in [0.15, 0.2) is 24.3 Å². The molecule has 0 spiro atoms. The summed E-state index contributed by atoms with van der Waals surface area (Å²) in [7, 11) is 0. The third-order valence-corrected chi connectivity index (χ3v) is 3.67. The van der Waals surface area contributed by atoms with Crippen molar-refractivity contribution in [3.05, 3.63) is 29.8 Å². The summed E-state index contributed by atoms with van der Waals surface area (Å²) in [5, 5.41) is 5.45. The summed E-state index contributed by atoms with van der Waals surface area (Å²) in [5.41, 5.74) is 1.77. The molecule has 2 N–H and O–H groups in total. The van der Waals surface area contributed by atoms with Gasteiger partial charge in [-0.1, -0.05) is 17.7 Å². The average molecular weight is 303 g/mol. The average Bonchev–Trinajstić information content (AvgIpc) is 2.63. The first-order valence-electron chi connectivity index (χ1n) is 7.38. The zero-order valence-corrected chi connectivity index (χ0v) is 12.9. The van der Waals surface area contributed by atoms with Crippen LogP contribution in [0.3, 0.4) is 0 Å². The van der Waals surface area contributed by atoms with Crippen molar-refractivity contribution in [3.63, 3.8) is 0 Å². The number of carbonyl (C=O) groups excluding carboxylic acids is 3. The van der Waals surface area contributed by atoms with Crippen molar-refractivity contribution in [1.29, 1.82) is 0 Å². The van der Waals surface area contributed by atoms with Gasteiger partial charge < -0.3 is 15.5 Å². The molecule has 0 aromatic heterocycles. The molecule has 1 heterocycles. The number of anilines is 1. The first-order valence-corrected chi connectivity index (χ1v) is 7.38. The van der Waals surface area contributed by atoms with E-state index in [1.54, 1.807) is 17.0 Å². The summed E-state index contributed by atoms with van der Waals surface area (Å²) in [4.78, 5) is 37.2. The van der Waals surface area contributed by atoms with Gasteiger partial charge in [-0.2, -0.15) is 0 Å². The molecule has 0 bridgehead atoms. The minimum absolute atomic E-state index is 0.0637. The summed E-state index contributed by atoms with van der Waals surface area (Å²) in [6.45, 7) is 4.60. The standard InChI is InChI=1S/C16H21N3O3/c1-11-3-5-13(6-4-11)18-15(21)9-16(22)19-8-7-14(20)17-10-12(19)2/h3-6,12H,7-10H2,1-2H3,(H,17,20)(H,18,21). The van der Waals surface area contributed by atoms with E-state index in [9.17, 15) is 14.4 Å². The van der Waals surface area contributed by atoms with Gasteiger partial charge in [-0.15, -0.1) is 0 Å². The van der Waals surface area contributed by atoms with Crippen molar-refractivity contribution in [2.24, 2.45) is 0 Å². The van der Waals surface area contributed by atoms with Crippen LogP contribution in [0.4, 0.5) is 5.69 Å². The van der Waals surface area contributed by atoms with Crippen LogP contribution in [0.1, 0.15) is 25.3 Å². The van der Waals surface area contributed by atoms with Crippen LogP contribution in [0.25, 0.3) is 0 Å². The summed E-state index contributed by atoms with van der Waals surface area (Å²) in [5.74, 6) is -0.663. The molecular weight excluding hydrogens is 282 g/mol. The fourth-order valence-electron chi connectivity index (χ4n) is 2.35. The van der Waals surface area contributed by atoms with Gasteiger partial charge in [0.05, 0.1) is 0 Å². The van der Waals surface area contributed by atoms with Crippen LogP contribution in [-0.4, -0.2) is 41.8 Å². The maximum absolute atomic E-state index is 12.2. The number of rotatable bonds is 3. The first-order chi connectivity index (χ1) is 10.5. The first kappa shape index (κ1) is 16.0. The molecule has 3 amide bonds. The number of nitrogens with zero attached hydrogens (tertiary/aromatic N) is 1. The van der Waals surface area contributed by atoms with Gasteiger partial charge in [0.25, 0.3) is 0 Å². The number of amides is 3. The minimum atomic E-state index is -0.343. The van der Waals surface area contributed by atoms with E-state index in [-0.39, 0.29) is 36.6 Å². The van der Waals surface area contributed by atoms with Crippen LogP contribution >= 0.6 is 0 Å². The summed E-state index contributed by atoms with van der Waals surface area (Å²) in [6, 6.07) is 7.28. The van der Waals surface area contributed by atoms with E-state index in [1.807, 2.05) is 26.0 Å². The van der Waals surface area contributed by atoms with Crippen LogP contribution in [0, 0.1) is 6.92 Å². The Morgan fingerprint density at radius 1 is 1.32 bits per heavy atom. The predicted molar refractivity (Wildman–Crippen MR) is 83.2 cm³/mol. The van der Waals surface area contributed by atoms with Gasteiger partial charge in [0, 0.05) is 31.2 Å². The van der Waals surface area contributed by atoms with E-state index in [0.29, 0.717) is 18.8 Å². The molecule has 1 aromatic rings. The van der Waals surface area contributed by atoms with Gasteiger partial charge in [-0.3, -0.25) is 14.4 Å². The van der Waals surface area contributed by atoms with Gasteiger partial charge in [-0.05, 0) is 26.0 Å². The molecule has 6 nitrogen and oxygen atoms in total. The van der Waals surface area contributed by atoms with Crippen molar-refractivity contribution < 1.29 is 14.4 Å². The third kappa shape index (κ3) is 4.31. The zero-order chi connectivity index (χ0) is 16.1. The second-order valence-corrected chi connectivity index (χ2v) is 5.58. The number of carbonyl (C=O) groups is 3. The minimum Gasteiger partial charge on any atom is -0.354 e. The number of nitrogens with one attached hydrogen (secondary N) is 2. The van der Waals surface area contributed by atoms with Gasteiger partial charge in [-0.25, -0.2) is 0 Å². The van der Waals surface area contributed by atoms with Gasteiger partial charge in [0.2, 0.25) is 17.7 Å². The van der Waals surface area contributed by atoms with E-state index < -0.39 is 0 Å². The van der Waals surface area contributed by atoms with Crippen LogP contribution in [0.5, 0.6) is 0 Å². The number of hydrogen-bond donors (Lipinski definition) is 2. The lowest BCUT2D eigenvalue weighted by atomic mass is 10.2. The normalized spacial score (nSPS) is 18.4. The molecule has 1 atom stereocenters. The second-order valence-electron chi connectivity index (χ2n) is 5.58. The van der Waals surface area contributed by atoms with Gasteiger partial charge in [0.1, 0.15) is 6.42 Å². The highest BCUT2D eigenvalue weighted by Gasteiger charge is 2.25. The molecule has 22 heavy (non-hydrogen) atoms. The highest BCUT2D eigenvalue weighted by molar-refractivity contribution is 6.03. The van der Waals surface area contributed by atoms with Crippen LogP contribution in [-0.2, 0) is 14.4 Å². The fraction of sp³-hybridized carbons (Fsp3) is 0.438. The van der Waals surface area contributed by atoms with E-state index in [4.69, 9.17) is 0 Å². The van der Waals surface area contributed by atoms with Crippen molar-refractivity contribution >= 4 is 23.4 Å². The smallest absolute Gasteiger partial charge is 0.233 e. The third-order valence-electron chi connectivity index (χ3n) is 3.67. The maximum Gasteiger partial charge on any atom is 0.233 e. The molecular formula is C16H21N3O3. The second kappa shape index (κ2) is 7.06. The Bertz CT molecular complexity index is 569. The van der Waals surface area contributed by atoms with E-state index in [0.717, 1.165) is 5.56 Å². The van der Waals surface area contributed by atoms with E-state index in [2.05, 4.69) is 10.6 Å². The van der Waals surface area contributed by atoms with E-state index >= 15 is 0 Å². The summed E-state index contributed by atoms with van der Waals surface area (Å²) in [6.07, 6.45) is 0.0576. The van der Waals surface area contributed by atoms with Crippen LogP contribution in [0.2, 0.25) is 0 Å². The SMILES string of the molecule is Cc1ccc(NC(=O)CC(=O)N2CCC(=O)NCC2C)cc1. The highest BCUT2D eigenvalue weighted by atomic mass is 16.2. The summed E-state index contributed by atoms with van der Waals surface area (Å²) < 4.78 is 0. The molecule has 1 unspecified atom stereocenters. The van der Waals surface area contributed by atoms with Crippen molar-refractivity contribution in [2.75, 3.05) is 18.4 Å².